The van der Waals surface area contributed by atoms with Crippen LogP contribution in [0.15, 0.2) is 29.2 Å². The van der Waals surface area contributed by atoms with Crippen LogP contribution in [0.4, 0.5) is 0 Å². The molecule has 27 heavy (non-hydrogen) atoms. The largest absolute Gasteiger partial charge is 0.449 e. The van der Waals surface area contributed by atoms with Crippen LogP contribution in [0.5, 0.6) is 0 Å². The van der Waals surface area contributed by atoms with Crippen molar-refractivity contribution in [1.82, 2.24) is 9.62 Å². The maximum Gasteiger partial charge on any atom is 0.338 e. The van der Waals surface area contributed by atoms with E-state index in [-0.39, 0.29) is 29.5 Å². The zero-order valence-corrected chi connectivity index (χ0v) is 16.7. The Morgan fingerprint density at radius 2 is 1.85 bits per heavy atom. The summed E-state index contributed by atoms with van der Waals surface area (Å²) in [6.07, 6.45) is -0.182. The molecular weight excluding hydrogens is 370 g/mol. The molecule has 1 amide bonds. The highest BCUT2D eigenvalue weighted by Crippen LogP contribution is 2.13. The summed E-state index contributed by atoms with van der Waals surface area (Å²) < 4.78 is 32.1. The van der Waals surface area contributed by atoms with E-state index in [2.05, 4.69) is 4.72 Å². The molecule has 2 atom stereocenters. The molecule has 0 unspecified atom stereocenters. The molecule has 9 heteroatoms. The number of benzene rings is 1. The molecule has 0 saturated carbocycles. The number of likely N-dealkylation sites (N-methyl/N-ethyl adjacent to an activating group) is 1. The van der Waals surface area contributed by atoms with Crippen molar-refractivity contribution in [3.8, 4) is 6.07 Å². The molecule has 1 aromatic carbocycles. The van der Waals surface area contributed by atoms with Crippen molar-refractivity contribution in [1.29, 1.82) is 5.26 Å². The van der Waals surface area contributed by atoms with Gasteiger partial charge in [0.15, 0.2) is 6.10 Å². The van der Waals surface area contributed by atoms with Gasteiger partial charge in [0, 0.05) is 19.6 Å². The van der Waals surface area contributed by atoms with Gasteiger partial charge < -0.3 is 9.64 Å². The third kappa shape index (κ3) is 6.66. The van der Waals surface area contributed by atoms with Crippen molar-refractivity contribution in [2.24, 2.45) is 0 Å². The highest BCUT2D eigenvalue weighted by molar-refractivity contribution is 7.89. The zero-order chi connectivity index (χ0) is 20.6. The molecule has 1 rings (SSSR count). The van der Waals surface area contributed by atoms with Crippen molar-refractivity contribution in [3.63, 3.8) is 0 Å². The number of carbonyl (C=O) groups excluding carboxylic acids is 2. The summed E-state index contributed by atoms with van der Waals surface area (Å²) in [5, 5.41) is 8.55. The number of ether oxygens (including phenoxy) is 1. The summed E-state index contributed by atoms with van der Waals surface area (Å²) in [7, 11) is -2.14. The van der Waals surface area contributed by atoms with Gasteiger partial charge in [0.05, 0.1) is 22.9 Å². The van der Waals surface area contributed by atoms with Crippen molar-refractivity contribution in [3.05, 3.63) is 29.8 Å². The van der Waals surface area contributed by atoms with E-state index in [1.165, 1.54) is 43.1 Å². The number of hydrogen-bond acceptors (Lipinski definition) is 6. The van der Waals surface area contributed by atoms with E-state index in [9.17, 15) is 18.0 Å². The molecule has 0 radical (unpaired) electrons. The van der Waals surface area contributed by atoms with E-state index in [0.29, 0.717) is 6.42 Å². The molecule has 0 fully saturated rings. The molecule has 8 nitrogen and oxygen atoms in total. The van der Waals surface area contributed by atoms with Gasteiger partial charge in [-0.15, -0.1) is 0 Å². The SMILES string of the molecule is CC[C@H](C)NS(=O)(=O)c1ccc(C(=O)O[C@@H](C)C(=O)N(C)CCC#N)cc1. The second-order valence-electron chi connectivity index (χ2n) is 6.17. The number of amides is 1. The van der Waals surface area contributed by atoms with Crippen LogP contribution in [0.3, 0.4) is 0 Å². The normalized spacial score (nSPS) is 13.3. The van der Waals surface area contributed by atoms with Gasteiger partial charge in [0.1, 0.15) is 0 Å². The number of esters is 1. The van der Waals surface area contributed by atoms with Crippen molar-refractivity contribution in [2.45, 2.75) is 50.7 Å². The molecule has 0 aromatic heterocycles. The molecule has 0 saturated heterocycles. The topological polar surface area (TPSA) is 117 Å². The Bertz CT molecular complexity index is 799. The first-order chi connectivity index (χ1) is 12.6. The molecule has 0 heterocycles. The maximum atomic E-state index is 12.2. The number of rotatable bonds is 9. The second kappa shape index (κ2) is 10.0. The Kier molecular flexibility index (Phi) is 8.40. The lowest BCUT2D eigenvalue weighted by molar-refractivity contribution is -0.138. The predicted molar refractivity (Wildman–Crippen MR) is 99.3 cm³/mol. The van der Waals surface area contributed by atoms with Crippen LogP contribution in [0.2, 0.25) is 0 Å². The molecule has 0 bridgehead atoms. The van der Waals surface area contributed by atoms with Gasteiger partial charge in [0.2, 0.25) is 10.0 Å². The summed E-state index contributed by atoms with van der Waals surface area (Å²) in [5.41, 5.74) is 0.136. The van der Waals surface area contributed by atoms with Crippen LogP contribution in [0.25, 0.3) is 0 Å². The molecule has 0 aliphatic carbocycles. The summed E-state index contributed by atoms with van der Waals surface area (Å²) in [6, 6.07) is 7.03. The van der Waals surface area contributed by atoms with Crippen molar-refractivity contribution < 1.29 is 22.7 Å². The smallest absolute Gasteiger partial charge is 0.338 e. The average Bonchev–Trinajstić information content (AvgIpc) is 2.64. The zero-order valence-electron chi connectivity index (χ0n) is 15.9. The van der Waals surface area contributed by atoms with Crippen LogP contribution in [0.1, 0.15) is 44.0 Å². The molecule has 0 aliphatic rings. The Morgan fingerprint density at radius 3 is 2.37 bits per heavy atom. The third-order valence-corrected chi connectivity index (χ3v) is 5.54. The van der Waals surface area contributed by atoms with Crippen LogP contribution < -0.4 is 4.72 Å². The van der Waals surface area contributed by atoms with Gasteiger partial charge in [-0.05, 0) is 44.5 Å². The maximum absolute atomic E-state index is 12.2. The lowest BCUT2D eigenvalue weighted by Crippen LogP contribution is -2.37. The van der Waals surface area contributed by atoms with Crippen molar-refractivity contribution >= 4 is 21.9 Å². The molecule has 1 aromatic rings. The van der Waals surface area contributed by atoms with Gasteiger partial charge in [-0.1, -0.05) is 6.92 Å². The van der Waals surface area contributed by atoms with Crippen LogP contribution >= 0.6 is 0 Å². The van der Waals surface area contributed by atoms with Crippen molar-refractivity contribution in [2.75, 3.05) is 13.6 Å². The average molecular weight is 395 g/mol. The van der Waals surface area contributed by atoms with E-state index in [0.717, 1.165) is 0 Å². The number of nitrogens with one attached hydrogen (secondary N) is 1. The summed E-state index contributed by atoms with van der Waals surface area (Å²) in [5.74, 6) is -1.15. The number of sulfonamides is 1. The Hall–Kier alpha value is -2.44. The minimum Gasteiger partial charge on any atom is -0.449 e. The Balaban J connectivity index is 2.77. The highest BCUT2D eigenvalue weighted by Gasteiger charge is 2.23. The van der Waals surface area contributed by atoms with Gasteiger partial charge in [-0.2, -0.15) is 5.26 Å². The minimum absolute atomic E-state index is 0.0414. The highest BCUT2D eigenvalue weighted by atomic mass is 32.2. The number of nitriles is 1. The fraction of sp³-hybridized carbons (Fsp3) is 0.500. The minimum atomic E-state index is -3.66. The quantitative estimate of drug-likeness (QED) is 0.636. The first-order valence-electron chi connectivity index (χ1n) is 8.57. The monoisotopic (exact) mass is 395 g/mol. The Labute approximate surface area is 160 Å². The van der Waals surface area contributed by atoms with Crippen LogP contribution in [-0.4, -0.2) is 50.9 Å². The lowest BCUT2D eigenvalue weighted by atomic mass is 10.2. The summed E-state index contributed by atoms with van der Waals surface area (Å²) >= 11 is 0. The van der Waals surface area contributed by atoms with Gasteiger partial charge >= 0.3 is 5.97 Å². The number of carbonyl (C=O) groups is 2. The summed E-state index contributed by atoms with van der Waals surface area (Å²) in [4.78, 5) is 25.6. The molecule has 0 aliphatic heterocycles. The summed E-state index contributed by atoms with van der Waals surface area (Å²) in [6.45, 7) is 5.31. The molecule has 0 spiro atoms. The fourth-order valence-corrected chi connectivity index (χ4v) is 3.43. The molecule has 1 N–H and O–H groups in total. The van der Waals surface area contributed by atoms with Gasteiger partial charge in [0.25, 0.3) is 5.91 Å². The van der Waals surface area contributed by atoms with Crippen LogP contribution in [0, 0.1) is 11.3 Å². The van der Waals surface area contributed by atoms with E-state index in [4.69, 9.17) is 10.00 Å². The lowest BCUT2D eigenvalue weighted by Gasteiger charge is -2.20. The number of hydrogen-bond donors (Lipinski definition) is 1. The standard InChI is InChI=1S/C18H25N3O5S/c1-5-13(2)20-27(24,25)16-9-7-15(8-10-16)18(23)26-14(3)17(22)21(4)12-6-11-19/h7-10,13-14,20H,5-6,12H2,1-4H3/t13-,14-/m0/s1. The van der Waals surface area contributed by atoms with Gasteiger partial charge in [-0.25, -0.2) is 17.9 Å². The number of nitrogens with zero attached hydrogens (tertiary/aromatic N) is 2. The van der Waals surface area contributed by atoms with E-state index >= 15 is 0 Å². The predicted octanol–water partition coefficient (Wildman–Crippen LogP) is 1.68. The first-order valence-corrected chi connectivity index (χ1v) is 10.1. The van der Waals surface area contributed by atoms with Crippen LogP contribution in [-0.2, 0) is 19.6 Å². The second-order valence-corrected chi connectivity index (χ2v) is 7.88. The van der Waals surface area contributed by atoms with E-state index < -0.39 is 28.0 Å². The first kappa shape index (κ1) is 22.6. The fourth-order valence-electron chi connectivity index (χ4n) is 2.10. The van der Waals surface area contributed by atoms with E-state index in [1.807, 2.05) is 13.0 Å². The van der Waals surface area contributed by atoms with Gasteiger partial charge in [-0.3, -0.25) is 4.79 Å². The molecular formula is C18H25N3O5S. The van der Waals surface area contributed by atoms with E-state index in [1.54, 1.807) is 6.92 Å². The molecule has 148 valence electrons. The third-order valence-electron chi connectivity index (χ3n) is 3.94. The Morgan fingerprint density at radius 1 is 1.26 bits per heavy atom.